The lowest BCUT2D eigenvalue weighted by molar-refractivity contribution is -0.373. The highest BCUT2D eigenvalue weighted by Gasteiger charge is 2.71. The SMILES string of the molecule is OC(CC1CC2CC1C[C@H]2S)(C(F)(F)F)C(F)(F)F. The molecule has 8 heteroatoms. The second kappa shape index (κ2) is 4.44. The van der Waals surface area contributed by atoms with Gasteiger partial charge in [0.25, 0.3) is 5.60 Å². The minimum atomic E-state index is -5.70. The summed E-state index contributed by atoms with van der Waals surface area (Å²) in [6.07, 6.45) is -11.3. The van der Waals surface area contributed by atoms with Gasteiger partial charge in [0.2, 0.25) is 0 Å². The van der Waals surface area contributed by atoms with E-state index in [9.17, 15) is 26.3 Å². The van der Waals surface area contributed by atoms with Crippen molar-refractivity contribution in [1.82, 2.24) is 0 Å². The normalized spacial score (nSPS) is 36.0. The zero-order valence-electron chi connectivity index (χ0n) is 9.80. The van der Waals surface area contributed by atoms with E-state index < -0.39 is 30.3 Å². The summed E-state index contributed by atoms with van der Waals surface area (Å²) in [6.45, 7) is 0. The number of fused-ring (bicyclic) bond motifs is 2. The van der Waals surface area contributed by atoms with Crippen molar-refractivity contribution in [2.45, 2.75) is 48.9 Å². The molecule has 1 nitrogen and oxygen atoms in total. The number of halogens is 6. The zero-order chi connectivity index (χ0) is 14.6. The predicted octanol–water partition coefficient (Wildman–Crippen LogP) is 3.58. The van der Waals surface area contributed by atoms with E-state index in [1.807, 2.05) is 0 Å². The fourth-order valence-electron chi connectivity index (χ4n) is 3.39. The molecular formula is C11H14F6OS. The van der Waals surface area contributed by atoms with Gasteiger partial charge < -0.3 is 5.11 Å². The van der Waals surface area contributed by atoms with Gasteiger partial charge in [-0.05, 0) is 43.4 Å². The van der Waals surface area contributed by atoms with Gasteiger partial charge in [-0.1, -0.05) is 0 Å². The average Bonchev–Trinajstić information content (AvgIpc) is 2.72. The van der Waals surface area contributed by atoms with Crippen LogP contribution >= 0.6 is 12.6 Å². The largest absolute Gasteiger partial charge is 0.426 e. The molecule has 3 unspecified atom stereocenters. The molecule has 0 spiro atoms. The van der Waals surface area contributed by atoms with Gasteiger partial charge in [0.05, 0.1) is 0 Å². The monoisotopic (exact) mass is 308 g/mol. The first kappa shape index (κ1) is 15.3. The van der Waals surface area contributed by atoms with Crippen molar-refractivity contribution in [3.63, 3.8) is 0 Å². The van der Waals surface area contributed by atoms with Gasteiger partial charge in [-0.3, -0.25) is 0 Å². The minimum Gasteiger partial charge on any atom is -0.374 e. The quantitative estimate of drug-likeness (QED) is 0.590. The van der Waals surface area contributed by atoms with Crippen LogP contribution < -0.4 is 0 Å². The van der Waals surface area contributed by atoms with Crippen molar-refractivity contribution in [1.29, 1.82) is 0 Å². The van der Waals surface area contributed by atoms with E-state index in [2.05, 4.69) is 12.6 Å². The van der Waals surface area contributed by atoms with Crippen LogP contribution in [0.4, 0.5) is 26.3 Å². The Labute approximate surface area is 111 Å². The summed E-state index contributed by atoms with van der Waals surface area (Å²) in [6, 6.07) is 0. The Morgan fingerprint density at radius 2 is 1.42 bits per heavy atom. The summed E-state index contributed by atoms with van der Waals surface area (Å²) in [7, 11) is 0. The lowest BCUT2D eigenvalue weighted by Crippen LogP contribution is -2.58. The molecule has 2 aliphatic carbocycles. The maximum Gasteiger partial charge on any atom is 0.426 e. The smallest absolute Gasteiger partial charge is 0.374 e. The van der Waals surface area contributed by atoms with Crippen LogP contribution in [0.25, 0.3) is 0 Å². The first-order valence-electron chi connectivity index (χ1n) is 5.99. The number of alkyl halides is 6. The predicted molar refractivity (Wildman–Crippen MR) is 58.8 cm³/mol. The van der Waals surface area contributed by atoms with Crippen molar-refractivity contribution < 1.29 is 31.4 Å². The van der Waals surface area contributed by atoms with Crippen LogP contribution in [0.3, 0.4) is 0 Å². The van der Waals surface area contributed by atoms with E-state index in [1.165, 1.54) is 0 Å². The molecule has 0 saturated heterocycles. The lowest BCUT2D eigenvalue weighted by atomic mass is 9.79. The molecule has 0 aromatic rings. The molecule has 2 fully saturated rings. The van der Waals surface area contributed by atoms with Crippen molar-refractivity contribution in [3.8, 4) is 0 Å². The lowest BCUT2D eigenvalue weighted by Gasteiger charge is -2.37. The van der Waals surface area contributed by atoms with E-state index in [4.69, 9.17) is 5.11 Å². The van der Waals surface area contributed by atoms with Crippen LogP contribution in [0.5, 0.6) is 0 Å². The molecule has 0 aliphatic heterocycles. The number of aliphatic hydroxyl groups is 1. The molecule has 112 valence electrons. The average molecular weight is 308 g/mol. The topological polar surface area (TPSA) is 20.2 Å². The Morgan fingerprint density at radius 3 is 1.74 bits per heavy atom. The second-order valence-electron chi connectivity index (χ2n) is 5.61. The van der Waals surface area contributed by atoms with Crippen molar-refractivity contribution in [2.75, 3.05) is 0 Å². The fraction of sp³-hybridized carbons (Fsp3) is 1.00. The first-order chi connectivity index (χ1) is 8.46. The van der Waals surface area contributed by atoms with Crippen molar-refractivity contribution >= 4 is 12.6 Å². The second-order valence-corrected chi connectivity index (χ2v) is 6.28. The Bertz CT molecular complexity index is 336. The fourth-order valence-corrected chi connectivity index (χ4v) is 3.90. The summed E-state index contributed by atoms with van der Waals surface area (Å²) in [5, 5.41) is 9.23. The highest BCUT2D eigenvalue weighted by Crippen LogP contribution is 2.56. The molecular weight excluding hydrogens is 294 g/mol. The number of thiol groups is 1. The summed E-state index contributed by atoms with van der Waals surface area (Å²) in [5.41, 5.74) is -4.60. The van der Waals surface area contributed by atoms with E-state index in [-0.39, 0.29) is 23.5 Å². The van der Waals surface area contributed by atoms with E-state index >= 15 is 0 Å². The Hall–Kier alpha value is -0.110. The third-order valence-electron chi connectivity index (χ3n) is 4.46. The molecule has 2 aliphatic rings. The van der Waals surface area contributed by atoms with Gasteiger partial charge in [0.1, 0.15) is 0 Å². The van der Waals surface area contributed by atoms with Gasteiger partial charge in [-0.15, -0.1) is 0 Å². The Morgan fingerprint density at radius 1 is 0.895 bits per heavy atom. The van der Waals surface area contributed by atoms with E-state index in [0.29, 0.717) is 12.8 Å². The number of hydrogen-bond donors (Lipinski definition) is 2. The Balaban J connectivity index is 2.16. The van der Waals surface area contributed by atoms with Crippen LogP contribution in [0.2, 0.25) is 0 Å². The zero-order valence-corrected chi connectivity index (χ0v) is 10.7. The van der Waals surface area contributed by atoms with Crippen molar-refractivity contribution in [3.05, 3.63) is 0 Å². The molecule has 0 radical (unpaired) electrons. The molecule has 4 atom stereocenters. The van der Waals surface area contributed by atoms with Crippen LogP contribution in [0.1, 0.15) is 25.7 Å². The first-order valence-corrected chi connectivity index (χ1v) is 6.51. The highest BCUT2D eigenvalue weighted by atomic mass is 32.1. The molecule has 19 heavy (non-hydrogen) atoms. The molecule has 2 rings (SSSR count). The van der Waals surface area contributed by atoms with E-state index in [1.54, 1.807) is 0 Å². The maximum atomic E-state index is 12.6. The third kappa shape index (κ3) is 2.46. The molecule has 0 amide bonds. The van der Waals surface area contributed by atoms with Gasteiger partial charge in [0.15, 0.2) is 0 Å². The molecule has 1 N–H and O–H groups in total. The van der Waals surface area contributed by atoms with E-state index in [0.717, 1.165) is 0 Å². The maximum absolute atomic E-state index is 12.6. The van der Waals surface area contributed by atoms with Crippen molar-refractivity contribution in [2.24, 2.45) is 17.8 Å². The molecule has 0 aromatic carbocycles. The summed E-state index contributed by atoms with van der Waals surface area (Å²) in [5.74, 6) is -0.852. The standard InChI is InChI=1S/C11H14F6OS/c12-10(13,14)9(18,11(15,16)17)4-7-2-6-1-5(7)3-8(6)19/h5-8,18-19H,1-4H2/t5?,6?,7?,8-/m1/s1. The summed E-state index contributed by atoms with van der Waals surface area (Å²) < 4.78 is 75.5. The molecule has 0 heterocycles. The van der Waals surface area contributed by atoms with Gasteiger partial charge >= 0.3 is 12.4 Å². The van der Waals surface area contributed by atoms with Gasteiger partial charge in [-0.2, -0.15) is 39.0 Å². The van der Waals surface area contributed by atoms with Gasteiger partial charge in [-0.25, -0.2) is 0 Å². The molecule has 2 bridgehead atoms. The molecule has 0 aromatic heterocycles. The number of rotatable bonds is 2. The highest BCUT2D eigenvalue weighted by molar-refractivity contribution is 7.81. The Kier molecular flexibility index (Phi) is 3.57. The van der Waals surface area contributed by atoms with Crippen LogP contribution in [0, 0.1) is 17.8 Å². The summed E-state index contributed by atoms with van der Waals surface area (Å²) in [4.78, 5) is 0. The summed E-state index contributed by atoms with van der Waals surface area (Å²) >= 11 is 4.26. The van der Waals surface area contributed by atoms with Crippen LogP contribution in [-0.4, -0.2) is 28.3 Å². The van der Waals surface area contributed by atoms with Crippen LogP contribution in [0.15, 0.2) is 0 Å². The van der Waals surface area contributed by atoms with Crippen LogP contribution in [-0.2, 0) is 0 Å². The van der Waals surface area contributed by atoms with Gasteiger partial charge in [0, 0.05) is 5.25 Å². The minimum absolute atomic E-state index is 0.0612. The third-order valence-corrected chi connectivity index (χ3v) is 5.09. The molecule has 2 saturated carbocycles. The number of hydrogen-bond acceptors (Lipinski definition) is 2.